The van der Waals surface area contributed by atoms with E-state index in [4.69, 9.17) is 9.47 Å². The summed E-state index contributed by atoms with van der Waals surface area (Å²) in [5, 5.41) is 3.68. The van der Waals surface area contributed by atoms with Crippen LogP contribution in [0, 0.1) is 5.82 Å². The molecule has 2 bridgehead atoms. The highest BCUT2D eigenvalue weighted by Gasteiger charge is 2.43. The van der Waals surface area contributed by atoms with Crippen LogP contribution < -0.4 is 10.1 Å². The number of piperazine rings is 1. The lowest BCUT2D eigenvalue weighted by Crippen LogP contribution is -2.62. The third-order valence-corrected chi connectivity index (χ3v) is 10.1. The molecule has 0 radical (unpaired) electrons. The van der Waals surface area contributed by atoms with Gasteiger partial charge in [0.05, 0.1) is 24.2 Å². The number of amides is 2. The summed E-state index contributed by atoms with van der Waals surface area (Å²) >= 11 is 3.41. The number of carbonyl (C=O) groups is 3. The van der Waals surface area contributed by atoms with Crippen LogP contribution in [-0.4, -0.2) is 72.5 Å². The highest BCUT2D eigenvalue weighted by atomic mass is 79.9. The molecule has 1 aliphatic carbocycles. The van der Waals surface area contributed by atoms with Crippen LogP contribution >= 0.6 is 15.9 Å². The van der Waals surface area contributed by atoms with Crippen molar-refractivity contribution in [2.24, 2.45) is 0 Å². The quantitative estimate of drug-likeness (QED) is 0.151. The first-order chi connectivity index (χ1) is 23.8. The number of aryl methyl sites for hydroxylation is 1. The van der Waals surface area contributed by atoms with Gasteiger partial charge in [-0.3, -0.25) is 14.4 Å². The van der Waals surface area contributed by atoms with Gasteiger partial charge in [-0.15, -0.1) is 0 Å². The predicted molar refractivity (Wildman–Crippen MR) is 189 cm³/mol. The van der Waals surface area contributed by atoms with E-state index in [1.807, 2.05) is 28.0 Å². The third-order valence-electron chi connectivity index (χ3n) is 9.49. The molecule has 2 unspecified atom stereocenters. The minimum absolute atomic E-state index is 0.00271. The van der Waals surface area contributed by atoms with Gasteiger partial charge in [0.1, 0.15) is 11.6 Å². The molecule has 1 saturated heterocycles. The first kappa shape index (κ1) is 34.8. The molecule has 1 saturated carbocycles. The van der Waals surface area contributed by atoms with Crippen LogP contribution in [0.5, 0.6) is 5.75 Å². The number of halogens is 2. The molecule has 2 atom stereocenters. The molecule has 2 aliphatic heterocycles. The van der Waals surface area contributed by atoms with Crippen LogP contribution in [0.25, 0.3) is 5.57 Å². The molecule has 0 spiro atoms. The molecule has 1 N–H and O–H groups in total. The van der Waals surface area contributed by atoms with Crippen molar-refractivity contribution in [2.75, 3.05) is 26.8 Å². The van der Waals surface area contributed by atoms with Gasteiger partial charge in [0.2, 0.25) is 5.91 Å². The molecular formula is C39H43BrFN3O5. The number of ether oxygens (including phenoxy) is 2. The predicted octanol–water partition coefficient (Wildman–Crippen LogP) is 6.46. The van der Waals surface area contributed by atoms with Crippen LogP contribution in [0.1, 0.15) is 61.6 Å². The number of esters is 1. The van der Waals surface area contributed by atoms with Crippen LogP contribution in [0.15, 0.2) is 82.8 Å². The van der Waals surface area contributed by atoms with Crippen LogP contribution in [-0.2, 0) is 32.1 Å². The summed E-state index contributed by atoms with van der Waals surface area (Å²) < 4.78 is 24.9. The molecule has 8 nitrogen and oxygen atoms in total. The van der Waals surface area contributed by atoms with Gasteiger partial charge in [-0.1, -0.05) is 54.6 Å². The van der Waals surface area contributed by atoms with Gasteiger partial charge in [0.15, 0.2) is 0 Å². The molecule has 2 fully saturated rings. The van der Waals surface area contributed by atoms with Gasteiger partial charge < -0.3 is 24.6 Å². The van der Waals surface area contributed by atoms with Gasteiger partial charge >= 0.3 is 5.97 Å². The fourth-order valence-electron chi connectivity index (χ4n) is 6.82. The second-order valence-corrected chi connectivity index (χ2v) is 14.0. The summed E-state index contributed by atoms with van der Waals surface area (Å²) in [7, 11) is 1.35. The molecule has 2 amide bonds. The van der Waals surface area contributed by atoms with Crippen molar-refractivity contribution in [1.29, 1.82) is 0 Å². The van der Waals surface area contributed by atoms with E-state index in [2.05, 4.69) is 57.6 Å². The Labute approximate surface area is 295 Å². The van der Waals surface area contributed by atoms with Crippen molar-refractivity contribution in [3.63, 3.8) is 0 Å². The van der Waals surface area contributed by atoms with Gasteiger partial charge in [-0.25, -0.2) is 4.39 Å². The minimum atomic E-state index is -0.335. The molecule has 3 aromatic rings. The van der Waals surface area contributed by atoms with Crippen molar-refractivity contribution < 1.29 is 28.2 Å². The largest absolute Gasteiger partial charge is 0.492 e. The molecule has 2 heterocycles. The van der Waals surface area contributed by atoms with E-state index in [0.717, 1.165) is 58.0 Å². The molecule has 3 aromatic carbocycles. The van der Waals surface area contributed by atoms with E-state index in [0.29, 0.717) is 44.8 Å². The van der Waals surface area contributed by atoms with Crippen molar-refractivity contribution in [3.05, 3.63) is 105 Å². The monoisotopic (exact) mass is 731 g/mol. The first-order valence-corrected chi connectivity index (χ1v) is 17.9. The van der Waals surface area contributed by atoms with Gasteiger partial charge in [-0.05, 0) is 88.9 Å². The van der Waals surface area contributed by atoms with E-state index in [9.17, 15) is 18.8 Å². The summed E-state index contributed by atoms with van der Waals surface area (Å²) in [6.45, 7) is 1.95. The number of fused-ring (bicyclic) bond motifs is 2. The molecule has 3 aliphatic rings. The fraction of sp³-hybridized carbons (Fsp3) is 0.410. The lowest BCUT2D eigenvalue weighted by molar-refractivity contribution is -0.141. The van der Waals surface area contributed by atoms with E-state index in [1.54, 1.807) is 6.07 Å². The van der Waals surface area contributed by atoms with E-state index in [-0.39, 0.29) is 54.6 Å². The first-order valence-electron chi connectivity index (χ1n) is 17.1. The Balaban J connectivity index is 1.20. The van der Waals surface area contributed by atoms with Crippen LogP contribution in [0.4, 0.5) is 4.39 Å². The summed E-state index contributed by atoms with van der Waals surface area (Å²) in [4.78, 5) is 43.4. The van der Waals surface area contributed by atoms with Gasteiger partial charge in [-0.2, -0.15) is 0 Å². The number of carbonyl (C=O) groups excluding carboxylic acids is 3. The van der Waals surface area contributed by atoms with E-state index in [1.165, 1.54) is 19.2 Å². The van der Waals surface area contributed by atoms with Gasteiger partial charge in [0, 0.05) is 56.2 Å². The average molecular weight is 733 g/mol. The summed E-state index contributed by atoms with van der Waals surface area (Å²) in [5.74, 6) is -0.136. The molecule has 49 heavy (non-hydrogen) atoms. The number of hydrogen-bond donors (Lipinski definition) is 1. The fourth-order valence-corrected chi connectivity index (χ4v) is 7.18. The number of nitrogens with zero attached hydrogens (tertiary/aromatic N) is 2. The maximum absolute atomic E-state index is 14.7. The van der Waals surface area contributed by atoms with Crippen molar-refractivity contribution >= 4 is 39.3 Å². The van der Waals surface area contributed by atoms with Crippen molar-refractivity contribution in [3.8, 4) is 5.75 Å². The third kappa shape index (κ3) is 8.97. The summed E-state index contributed by atoms with van der Waals surface area (Å²) in [6, 6.07) is 22.9. The number of rotatable bonds is 14. The number of hydrogen-bond acceptors (Lipinski definition) is 6. The van der Waals surface area contributed by atoms with E-state index >= 15 is 0 Å². The smallest absolute Gasteiger partial charge is 0.305 e. The lowest BCUT2D eigenvalue weighted by atomic mass is 9.82. The molecule has 10 heteroatoms. The topological polar surface area (TPSA) is 88.2 Å². The normalized spacial score (nSPS) is 18.6. The number of nitrogens with one attached hydrogen (secondary N) is 1. The Morgan fingerprint density at radius 2 is 1.73 bits per heavy atom. The number of benzene rings is 3. The van der Waals surface area contributed by atoms with Gasteiger partial charge in [0.25, 0.3) is 5.91 Å². The Morgan fingerprint density at radius 1 is 0.959 bits per heavy atom. The second-order valence-electron chi connectivity index (χ2n) is 13.1. The Morgan fingerprint density at radius 3 is 2.47 bits per heavy atom. The minimum Gasteiger partial charge on any atom is -0.492 e. The molecule has 258 valence electrons. The van der Waals surface area contributed by atoms with E-state index < -0.39 is 0 Å². The summed E-state index contributed by atoms with van der Waals surface area (Å²) in [5.41, 5.74) is 5.06. The molecule has 0 aromatic heterocycles. The Bertz CT molecular complexity index is 1680. The zero-order chi connectivity index (χ0) is 34.3. The lowest BCUT2D eigenvalue weighted by Gasteiger charge is -2.45. The van der Waals surface area contributed by atoms with Crippen molar-refractivity contribution in [1.82, 2.24) is 15.1 Å². The molecule has 6 rings (SSSR count). The highest BCUT2D eigenvalue weighted by molar-refractivity contribution is 9.10. The zero-order valence-electron chi connectivity index (χ0n) is 27.8. The number of methoxy groups -OCH3 is 1. The average Bonchev–Trinajstić information content (AvgIpc) is 3.96. The van der Waals surface area contributed by atoms with Crippen molar-refractivity contribution in [2.45, 2.75) is 76.0 Å². The Hall–Kier alpha value is -4.02. The maximum Gasteiger partial charge on any atom is 0.305 e. The Kier molecular flexibility index (Phi) is 11.5. The molecular weight excluding hydrogens is 689 g/mol. The summed E-state index contributed by atoms with van der Waals surface area (Å²) in [6.07, 6.45) is 5.07. The second kappa shape index (κ2) is 16.1. The zero-order valence-corrected chi connectivity index (χ0v) is 29.4. The van der Waals surface area contributed by atoms with Crippen LogP contribution in [0.3, 0.4) is 0 Å². The van der Waals surface area contributed by atoms with Crippen LogP contribution in [0.2, 0.25) is 0 Å². The standard InChI is InChI=1S/C39H43BrFN3O5/c1-48-37(46)11-5-10-36(45)43-24-30-22-32(28-14-12-26(13-15-28)9-6-20-49-35-21-29(41)16-19-33(35)40)38(34(25-43)42-30)39(47)44(31-17-18-31)23-27-7-3-2-4-8-27/h2-4,7-8,12-16,19,21,30-31,34,42H,5-6,9-11,17-18,20,22-25H2,1H3. The maximum atomic E-state index is 14.7. The highest BCUT2D eigenvalue weighted by Crippen LogP contribution is 2.37. The SMILES string of the molecule is COC(=O)CCCC(=O)N1CC2CC(c3ccc(CCCOc4cc(F)ccc4Br)cc3)=C(C(=O)N(Cc3ccccc3)C3CC3)C(C1)N2.